The number of nitrogens with one attached hydrogen (secondary N) is 1. The fourth-order valence-electron chi connectivity index (χ4n) is 1.64. The maximum Gasteiger partial charge on any atom is 0.169 e. The lowest BCUT2D eigenvalue weighted by molar-refractivity contribution is 0.395. The van der Waals surface area contributed by atoms with Crippen LogP contribution in [0.2, 0.25) is 0 Å². The van der Waals surface area contributed by atoms with Crippen molar-refractivity contribution in [3.8, 4) is 0 Å². The van der Waals surface area contributed by atoms with E-state index in [2.05, 4.69) is 52.6 Å². The van der Waals surface area contributed by atoms with Gasteiger partial charge >= 0.3 is 0 Å². The van der Waals surface area contributed by atoms with Gasteiger partial charge in [-0.1, -0.05) is 6.07 Å². The molecule has 0 spiro atoms. The summed E-state index contributed by atoms with van der Waals surface area (Å²) in [6.45, 7) is 4.27. The van der Waals surface area contributed by atoms with Crippen LogP contribution >= 0.6 is 27.3 Å². The minimum absolute atomic E-state index is 0.211. The van der Waals surface area contributed by atoms with Crippen molar-refractivity contribution in [2.24, 2.45) is 0 Å². The van der Waals surface area contributed by atoms with Gasteiger partial charge in [0.1, 0.15) is 5.76 Å². The molecule has 2 heterocycles. The summed E-state index contributed by atoms with van der Waals surface area (Å²) in [5.74, 6) is 0.954. The van der Waals surface area contributed by atoms with E-state index in [1.54, 1.807) is 11.3 Å². The highest BCUT2D eigenvalue weighted by Crippen LogP contribution is 2.24. The number of hydrogen-bond donors (Lipinski definition) is 1. The Morgan fingerprint density at radius 3 is 2.62 bits per heavy atom. The monoisotopic (exact) mass is 299 g/mol. The summed E-state index contributed by atoms with van der Waals surface area (Å²) in [6.07, 6.45) is 0. The molecule has 0 amide bonds. The number of halogens is 1. The average Bonchev–Trinajstić information content (AvgIpc) is 2.87. The zero-order chi connectivity index (χ0) is 11.5. The average molecular weight is 300 g/mol. The van der Waals surface area contributed by atoms with E-state index >= 15 is 0 Å². The van der Waals surface area contributed by atoms with Gasteiger partial charge in [0.15, 0.2) is 4.67 Å². The predicted molar refractivity (Wildman–Crippen MR) is 70.7 cm³/mol. The molecule has 1 unspecified atom stereocenters. The first-order chi connectivity index (χ1) is 7.66. The molecule has 16 heavy (non-hydrogen) atoms. The van der Waals surface area contributed by atoms with Crippen molar-refractivity contribution >= 4 is 27.3 Å². The lowest BCUT2D eigenvalue weighted by Gasteiger charge is -2.17. The topological polar surface area (TPSA) is 25.2 Å². The zero-order valence-electron chi connectivity index (χ0n) is 9.24. The Bertz CT molecular complexity index is 438. The normalized spacial score (nSPS) is 14.9. The van der Waals surface area contributed by atoms with Crippen molar-refractivity contribution in [3.63, 3.8) is 0 Å². The predicted octanol–water partition coefficient (Wildman–Crippen LogP) is 4.52. The number of hydrogen-bond acceptors (Lipinski definition) is 3. The molecule has 0 saturated carbocycles. The fraction of sp³-hybridized carbons (Fsp3) is 0.333. The van der Waals surface area contributed by atoms with Gasteiger partial charge in [-0.25, -0.2) is 0 Å². The lowest BCUT2D eigenvalue weighted by Crippen LogP contribution is -2.21. The molecule has 1 N–H and O–H groups in total. The van der Waals surface area contributed by atoms with Crippen molar-refractivity contribution < 1.29 is 4.42 Å². The summed E-state index contributed by atoms with van der Waals surface area (Å²) < 4.78 is 6.30. The first kappa shape index (κ1) is 11.9. The second-order valence-corrected chi connectivity index (χ2v) is 5.53. The summed E-state index contributed by atoms with van der Waals surface area (Å²) in [5.41, 5.74) is 0. The minimum atomic E-state index is 0.211. The number of thiophene rings is 1. The van der Waals surface area contributed by atoms with Crippen molar-refractivity contribution in [3.05, 3.63) is 45.0 Å². The van der Waals surface area contributed by atoms with E-state index in [4.69, 9.17) is 4.42 Å². The Hall–Kier alpha value is -0.580. The molecule has 2 aromatic rings. The first-order valence-corrected chi connectivity index (χ1v) is 6.89. The molecule has 0 fully saturated rings. The van der Waals surface area contributed by atoms with Gasteiger partial charge in [0.25, 0.3) is 0 Å². The fourth-order valence-corrected chi connectivity index (χ4v) is 2.70. The molecule has 2 atom stereocenters. The van der Waals surface area contributed by atoms with Crippen LogP contribution < -0.4 is 5.32 Å². The molecular weight excluding hydrogens is 286 g/mol. The summed E-state index contributed by atoms with van der Waals surface area (Å²) in [6, 6.07) is 8.69. The van der Waals surface area contributed by atoms with Gasteiger partial charge in [0.05, 0.1) is 6.04 Å². The molecule has 0 radical (unpaired) electrons. The van der Waals surface area contributed by atoms with Crippen LogP contribution in [-0.2, 0) is 0 Å². The van der Waals surface area contributed by atoms with E-state index in [1.165, 1.54) is 4.88 Å². The SMILES string of the molecule is CC(N[C@H](C)c1cccs1)c1ccc(Br)o1. The van der Waals surface area contributed by atoms with Crippen molar-refractivity contribution in [1.29, 1.82) is 0 Å². The highest BCUT2D eigenvalue weighted by Gasteiger charge is 2.14. The second-order valence-electron chi connectivity index (χ2n) is 3.77. The number of rotatable bonds is 4. The van der Waals surface area contributed by atoms with E-state index in [-0.39, 0.29) is 6.04 Å². The van der Waals surface area contributed by atoms with Gasteiger partial charge < -0.3 is 9.73 Å². The maximum atomic E-state index is 5.52. The van der Waals surface area contributed by atoms with Gasteiger partial charge in [-0.05, 0) is 53.4 Å². The van der Waals surface area contributed by atoms with Crippen LogP contribution in [0.3, 0.4) is 0 Å². The Morgan fingerprint density at radius 2 is 2.06 bits per heavy atom. The van der Waals surface area contributed by atoms with E-state index in [1.807, 2.05) is 12.1 Å². The van der Waals surface area contributed by atoms with Crippen LogP contribution in [0.15, 0.2) is 38.7 Å². The third-order valence-corrected chi connectivity index (χ3v) is 3.97. The van der Waals surface area contributed by atoms with Gasteiger partial charge in [0, 0.05) is 10.9 Å². The molecule has 0 aliphatic rings. The molecule has 0 bridgehead atoms. The molecule has 2 nitrogen and oxygen atoms in total. The van der Waals surface area contributed by atoms with Crippen LogP contribution in [-0.4, -0.2) is 0 Å². The Kier molecular flexibility index (Phi) is 3.84. The van der Waals surface area contributed by atoms with Crippen LogP contribution in [0.25, 0.3) is 0 Å². The molecule has 0 aliphatic carbocycles. The van der Waals surface area contributed by atoms with Crippen molar-refractivity contribution in [2.45, 2.75) is 25.9 Å². The van der Waals surface area contributed by atoms with Crippen LogP contribution in [0.5, 0.6) is 0 Å². The Balaban J connectivity index is 2.00. The standard InChI is InChI=1S/C12H14BrNOS/c1-8(10-5-6-12(13)15-10)14-9(2)11-4-3-7-16-11/h3-9,14H,1-2H3/t8?,9-/m1/s1. The third-order valence-electron chi connectivity index (χ3n) is 2.49. The molecule has 2 aromatic heterocycles. The Morgan fingerprint density at radius 1 is 1.25 bits per heavy atom. The Labute approximate surface area is 108 Å². The molecule has 2 rings (SSSR count). The maximum absolute atomic E-state index is 5.52. The molecule has 0 saturated heterocycles. The quantitative estimate of drug-likeness (QED) is 0.898. The van der Waals surface area contributed by atoms with E-state index in [0.717, 1.165) is 10.4 Å². The largest absolute Gasteiger partial charge is 0.453 e. The van der Waals surface area contributed by atoms with E-state index < -0.39 is 0 Å². The van der Waals surface area contributed by atoms with E-state index in [9.17, 15) is 0 Å². The van der Waals surface area contributed by atoms with Crippen molar-refractivity contribution in [2.75, 3.05) is 0 Å². The summed E-state index contributed by atoms with van der Waals surface area (Å²) in [5, 5.41) is 5.61. The second kappa shape index (κ2) is 5.17. The van der Waals surface area contributed by atoms with Crippen LogP contribution in [0.4, 0.5) is 0 Å². The van der Waals surface area contributed by atoms with Gasteiger partial charge in [-0.15, -0.1) is 11.3 Å². The van der Waals surface area contributed by atoms with Crippen LogP contribution in [0, 0.1) is 0 Å². The molecule has 86 valence electrons. The molecular formula is C12H14BrNOS. The lowest BCUT2D eigenvalue weighted by atomic mass is 10.2. The third kappa shape index (κ3) is 2.75. The van der Waals surface area contributed by atoms with Crippen molar-refractivity contribution in [1.82, 2.24) is 5.32 Å². The molecule has 4 heteroatoms. The summed E-state index contributed by atoms with van der Waals surface area (Å²) >= 11 is 5.08. The molecule has 0 aliphatic heterocycles. The highest BCUT2D eigenvalue weighted by atomic mass is 79.9. The molecule has 0 aromatic carbocycles. The summed E-state index contributed by atoms with van der Waals surface area (Å²) in [4.78, 5) is 1.34. The smallest absolute Gasteiger partial charge is 0.169 e. The highest BCUT2D eigenvalue weighted by molar-refractivity contribution is 9.10. The van der Waals surface area contributed by atoms with E-state index in [0.29, 0.717) is 6.04 Å². The van der Waals surface area contributed by atoms with Crippen LogP contribution in [0.1, 0.15) is 36.6 Å². The van der Waals surface area contributed by atoms with Gasteiger partial charge in [0.2, 0.25) is 0 Å². The van der Waals surface area contributed by atoms with Gasteiger partial charge in [-0.2, -0.15) is 0 Å². The minimum Gasteiger partial charge on any atom is -0.453 e. The first-order valence-electron chi connectivity index (χ1n) is 5.21. The summed E-state index contributed by atoms with van der Waals surface area (Å²) in [7, 11) is 0. The number of furan rings is 1. The zero-order valence-corrected chi connectivity index (χ0v) is 11.6. The van der Waals surface area contributed by atoms with Gasteiger partial charge in [-0.3, -0.25) is 0 Å².